The zero-order chi connectivity index (χ0) is 14.7. The van der Waals surface area contributed by atoms with Crippen molar-refractivity contribution < 1.29 is 4.79 Å². The Labute approximate surface area is 130 Å². The molecule has 4 nitrogen and oxygen atoms in total. The van der Waals surface area contributed by atoms with Gasteiger partial charge in [-0.2, -0.15) is 0 Å². The minimum atomic E-state index is 0.201. The van der Waals surface area contributed by atoms with Gasteiger partial charge in [-0.15, -0.1) is 11.8 Å². The number of nitrogen functional groups attached to an aromatic ring is 1. The number of thioether (sulfide) groups is 1. The number of anilines is 2. The van der Waals surface area contributed by atoms with Gasteiger partial charge in [0.1, 0.15) is 0 Å². The van der Waals surface area contributed by atoms with Gasteiger partial charge in [0.05, 0.1) is 16.6 Å². The van der Waals surface area contributed by atoms with Crippen LogP contribution in [0.1, 0.15) is 19.3 Å². The molecule has 0 radical (unpaired) electrons. The van der Waals surface area contributed by atoms with Crippen LogP contribution in [-0.2, 0) is 4.79 Å². The van der Waals surface area contributed by atoms with Gasteiger partial charge in [0, 0.05) is 26.2 Å². The molecule has 1 aromatic carbocycles. The Morgan fingerprint density at radius 2 is 1.90 bits per heavy atom. The fourth-order valence-corrected chi connectivity index (χ4v) is 4.36. The van der Waals surface area contributed by atoms with Crippen LogP contribution in [0.25, 0.3) is 0 Å². The highest BCUT2D eigenvalue weighted by molar-refractivity contribution is 8.00. The molecule has 2 aliphatic heterocycles. The summed E-state index contributed by atoms with van der Waals surface area (Å²) in [7, 11) is 0. The van der Waals surface area contributed by atoms with Crippen LogP contribution < -0.4 is 10.6 Å². The van der Waals surface area contributed by atoms with Crippen molar-refractivity contribution in [2.75, 3.05) is 42.6 Å². The molecule has 2 heterocycles. The van der Waals surface area contributed by atoms with E-state index in [0.29, 0.717) is 5.91 Å². The zero-order valence-electron chi connectivity index (χ0n) is 12.3. The number of benzene rings is 1. The van der Waals surface area contributed by atoms with Crippen molar-refractivity contribution in [3.05, 3.63) is 24.3 Å². The number of piperazine rings is 1. The van der Waals surface area contributed by atoms with Gasteiger partial charge in [-0.05, 0) is 30.7 Å². The van der Waals surface area contributed by atoms with Gasteiger partial charge >= 0.3 is 0 Å². The Hall–Kier alpha value is -1.36. The number of amides is 1. The summed E-state index contributed by atoms with van der Waals surface area (Å²) in [5.41, 5.74) is 7.95. The number of hydrogen-bond acceptors (Lipinski definition) is 4. The maximum Gasteiger partial charge on any atom is 0.235 e. The third-order valence-electron chi connectivity index (χ3n) is 4.32. The van der Waals surface area contributed by atoms with E-state index in [1.54, 1.807) is 0 Å². The van der Waals surface area contributed by atoms with E-state index < -0.39 is 0 Å². The highest BCUT2D eigenvalue weighted by Gasteiger charge is 2.29. The van der Waals surface area contributed by atoms with Crippen molar-refractivity contribution in [2.45, 2.75) is 24.5 Å². The summed E-state index contributed by atoms with van der Waals surface area (Å²) in [4.78, 5) is 16.9. The van der Waals surface area contributed by atoms with E-state index >= 15 is 0 Å². The number of hydrogen-bond donors (Lipinski definition) is 1. The van der Waals surface area contributed by atoms with E-state index in [2.05, 4.69) is 11.0 Å². The maximum absolute atomic E-state index is 12.5. The third-order valence-corrected chi connectivity index (χ3v) is 5.69. The van der Waals surface area contributed by atoms with Crippen molar-refractivity contribution >= 4 is 29.0 Å². The summed E-state index contributed by atoms with van der Waals surface area (Å²) in [6.07, 6.45) is 3.51. The van der Waals surface area contributed by atoms with Crippen LogP contribution in [-0.4, -0.2) is 48.0 Å². The average molecular weight is 305 g/mol. The quantitative estimate of drug-likeness (QED) is 0.851. The van der Waals surface area contributed by atoms with Gasteiger partial charge in [0.2, 0.25) is 5.91 Å². The first-order valence-corrected chi connectivity index (χ1v) is 8.80. The molecule has 21 heavy (non-hydrogen) atoms. The molecule has 1 aromatic rings. The lowest BCUT2D eigenvalue weighted by Gasteiger charge is -2.38. The Bertz CT molecular complexity index is 494. The van der Waals surface area contributed by atoms with Gasteiger partial charge in [-0.3, -0.25) is 4.79 Å². The van der Waals surface area contributed by atoms with E-state index in [-0.39, 0.29) is 5.25 Å². The Balaban J connectivity index is 1.57. The summed E-state index contributed by atoms with van der Waals surface area (Å²) in [5, 5.41) is 0.201. The van der Waals surface area contributed by atoms with Gasteiger partial charge < -0.3 is 15.5 Å². The molecule has 0 saturated carbocycles. The normalized spacial score (nSPS) is 23.1. The van der Waals surface area contributed by atoms with Crippen LogP contribution in [0.4, 0.5) is 11.4 Å². The molecule has 0 aromatic heterocycles. The lowest BCUT2D eigenvalue weighted by atomic mass is 10.1. The molecule has 2 aliphatic rings. The van der Waals surface area contributed by atoms with Gasteiger partial charge in [0.15, 0.2) is 0 Å². The van der Waals surface area contributed by atoms with Crippen LogP contribution >= 0.6 is 11.8 Å². The van der Waals surface area contributed by atoms with Crippen LogP contribution in [0.2, 0.25) is 0 Å². The predicted molar refractivity (Wildman–Crippen MR) is 89.7 cm³/mol. The first-order valence-electron chi connectivity index (χ1n) is 7.75. The fraction of sp³-hybridized carbons (Fsp3) is 0.562. The number of para-hydroxylation sites is 2. The number of nitrogens with two attached hydrogens (primary N) is 1. The number of carbonyl (C=O) groups is 1. The predicted octanol–water partition coefficient (Wildman–Crippen LogP) is 2.20. The Kier molecular flexibility index (Phi) is 4.58. The molecule has 1 amide bonds. The molecule has 3 rings (SSSR count). The second kappa shape index (κ2) is 6.60. The highest BCUT2D eigenvalue weighted by atomic mass is 32.2. The summed E-state index contributed by atoms with van der Waals surface area (Å²) in [6.45, 7) is 3.36. The molecule has 0 aliphatic carbocycles. The Morgan fingerprint density at radius 3 is 2.57 bits per heavy atom. The zero-order valence-corrected chi connectivity index (χ0v) is 13.1. The number of carbonyl (C=O) groups excluding carboxylic acids is 1. The van der Waals surface area contributed by atoms with E-state index in [1.807, 2.05) is 34.9 Å². The minimum absolute atomic E-state index is 0.201. The number of rotatable bonds is 2. The molecule has 114 valence electrons. The Morgan fingerprint density at radius 1 is 1.14 bits per heavy atom. The standard InChI is InChI=1S/C16H23N3OS/c17-13-5-1-2-6-14(13)18-8-10-19(11-9-18)16(20)15-7-3-4-12-21-15/h1-2,5-6,15H,3-4,7-12,17H2. The van der Waals surface area contributed by atoms with Crippen molar-refractivity contribution in [3.8, 4) is 0 Å². The number of nitrogens with zero attached hydrogens (tertiary/aromatic N) is 2. The molecule has 1 atom stereocenters. The summed E-state index contributed by atoms with van der Waals surface area (Å²) in [5.74, 6) is 1.48. The molecular formula is C16H23N3OS. The van der Waals surface area contributed by atoms with E-state index in [4.69, 9.17) is 5.73 Å². The van der Waals surface area contributed by atoms with Crippen LogP contribution in [0.15, 0.2) is 24.3 Å². The maximum atomic E-state index is 12.5. The first-order chi connectivity index (χ1) is 10.3. The molecule has 2 fully saturated rings. The van der Waals surface area contributed by atoms with Gasteiger partial charge in [-0.1, -0.05) is 18.6 Å². The first kappa shape index (κ1) is 14.6. The minimum Gasteiger partial charge on any atom is -0.397 e. The smallest absolute Gasteiger partial charge is 0.235 e. The second-order valence-electron chi connectivity index (χ2n) is 5.73. The van der Waals surface area contributed by atoms with Gasteiger partial charge in [0.25, 0.3) is 0 Å². The SMILES string of the molecule is Nc1ccccc1N1CCN(C(=O)C2CCCCS2)CC1. The van der Waals surface area contributed by atoms with Crippen LogP contribution in [0, 0.1) is 0 Å². The fourth-order valence-electron chi connectivity index (χ4n) is 3.08. The molecule has 2 N–H and O–H groups in total. The van der Waals surface area contributed by atoms with E-state index in [0.717, 1.165) is 49.7 Å². The lowest BCUT2D eigenvalue weighted by Crippen LogP contribution is -2.51. The van der Waals surface area contributed by atoms with E-state index in [9.17, 15) is 4.79 Å². The summed E-state index contributed by atoms with van der Waals surface area (Å²) < 4.78 is 0. The third kappa shape index (κ3) is 3.28. The van der Waals surface area contributed by atoms with Crippen molar-refractivity contribution in [1.29, 1.82) is 0 Å². The van der Waals surface area contributed by atoms with Gasteiger partial charge in [-0.25, -0.2) is 0 Å². The van der Waals surface area contributed by atoms with Crippen LogP contribution in [0.5, 0.6) is 0 Å². The molecular weight excluding hydrogens is 282 g/mol. The highest BCUT2D eigenvalue weighted by Crippen LogP contribution is 2.28. The monoisotopic (exact) mass is 305 g/mol. The second-order valence-corrected chi connectivity index (χ2v) is 7.04. The summed E-state index contributed by atoms with van der Waals surface area (Å²) >= 11 is 1.84. The van der Waals surface area contributed by atoms with Crippen LogP contribution in [0.3, 0.4) is 0 Å². The van der Waals surface area contributed by atoms with Crippen molar-refractivity contribution in [3.63, 3.8) is 0 Å². The topological polar surface area (TPSA) is 49.6 Å². The summed E-state index contributed by atoms with van der Waals surface area (Å²) in [6, 6.07) is 7.97. The van der Waals surface area contributed by atoms with Crippen molar-refractivity contribution in [2.24, 2.45) is 0 Å². The molecule has 1 unspecified atom stereocenters. The largest absolute Gasteiger partial charge is 0.397 e. The molecule has 5 heteroatoms. The average Bonchev–Trinajstić information content (AvgIpc) is 2.56. The lowest BCUT2D eigenvalue weighted by molar-refractivity contribution is -0.131. The molecule has 0 spiro atoms. The van der Waals surface area contributed by atoms with Crippen molar-refractivity contribution in [1.82, 2.24) is 4.90 Å². The molecule has 2 saturated heterocycles. The molecule has 0 bridgehead atoms. The van der Waals surface area contributed by atoms with E-state index in [1.165, 1.54) is 12.8 Å².